The van der Waals surface area contributed by atoms with E-state index in [0.29, 0.717) is 16.4 Å². The zero-order chi connectivity index (χ0) is 20.5. The van der Waals surface area contributed by atoms with E-state index in [1.807, 2.05) is 0 Å². The molecule has 4 rings (SSSR count). The molecule has 2 atom stereocenters. The number of anilines is 3. The van der Waals surface area contributed by atoms with Gasteiger partial charge in [0.1, 0.15) is 6.04 Å². The Kier molecular flexibility index (Phi) is 5.15. The van der Waals surface area contributed by atoms with Crippen LogP contribution in [0.4, 0.5) is 17.1 Å². The van der Waals surface area contributed by atoms with Crippen LogP contribution in [0.25, 0.3) is 0 Å². The van der Waals surface area contributed by atoms with E-state index in [9.17, 15) is 14.4 Å². The molecule has 0 aromatic heterocycles. The van der Waals surface area contributed by atoms with Crippen molar-refractivity contribution in [1.29, 1.82) is 0 Å². The zero-order valence-electron chi connectivity index (χ0n) is 15.8. The Morgan fingerprint density at radius 3 is 2.90 bits per heavy atom. The van der Waals surface area contributed by atoms with Gasteiger partial charge in [-0.15, -0.1) is 0 Å². The van der Waals surface area contributed by atoms with Gasteiger partial charge in [-0.3, -0.25) is 9.59 Å². The molecule has 1 fully saturated rings. The number of halogens is 1. The summed E-state index contributed by atoms with van der Waals surface area (Å²) in [5.41, 5.74) is 2.26. The summed E-state index contributed by atoms with van der Waals surface area (Å²) in [4.78, 5) is 39.1. The Morgan fingerprint density at radius 1 is 1.28 bits per heavy atom. The number of nitrogens with one attached hydrogen (secondary N) is 2. The summed E-state index contributed by atoms with van der Waals surface area (Å²) >= 11 is 5.90. The number of ether oxygens (including phenoxy) is 1. The Hall–Kier alpha value is -3.06. The van der Waals surface area contributed by atoms with Gasteiger partial charge in [-0.1, -0.05) is 17.7 Å². The molecule has 0 radical (unpaired) electrons. The summed E-state index contributed by atoms with van der Waals surface area (Å²) in [6.07, 6.45) is 0.782. The normalized spacial score (nSPS) is 18.3. The van der Waals surface area contributed by atoms with Crippen LogP contribution < -0.4 is 15.5 Å². The van der Waals surface area contributed by atoms with Crippen molar-refractivity contribution in [2.45, 2.75) is 31.9 Å². The van der Waals surface area contributed by atoms with Gasteiger partial charge in [0.25, 0.3) is 5.91 Å². The van der Waals surface area contributed by atoms with Crippen LogP contribution in [0.5, 0.6) is 0 Å². The van der Waals surface area contributed by atoms with Gasteiger partial charge in [-0.25, -0.2) is 4.79 Å². The minimum absolute atomic E-state index is 0.0604. The predicted octanol–water partition coefficient (Wildman–Crippen LogP) is 3.44. The largest absolute Gasteiger partial charge is 0.449 e. The first kappa shape index (κ1) is 19.3. The second kappa shape index (κ2) is 7.75. The number of esters is 1. The maximum Gasteiger partial charge on any atom is 0.338 e. The molecule has 0 saturated carbocycles. The van der Waals surface area contributed by atoms with Gasteiger partial charge in [-0.2, -0.15) is 0 Å². The fraction of sp³-hybridized carbons (Fsp3) is 0.286. The molecule has 2 aliphatic rings. The third-order valence-corrected chi connectivity index (χ3v) is 5.34. The molecule has 0 spiro atoms. The average molecular weight is 414 g/mol. The van der Waals surface area contributed by atoms with E-state index in [0.717, 1.165) is 25.1 Å². The molecule has 1 saturated heterocycles. The second-order valence-corrected chi connectivity index (χ2v) is 7.56. The number of nitrogens with zero attached hydrogens (tertiary/aromatic N) is 1. The number of amides is 2. The molecule has 2 aromatic rings. The summed E-state index contributed by atoms with van der Waals surface area (Å²) < 4.78 is 5.29. The van der Waals surface area contributed by atoms with Crippen molar-refractivity contribution < 1.29 is 19.1 Å². The Labute approximate surface area is 173 Å². The van der Waals surface area contributed by atoms with E-state index in [2.05, 4.69) is 15.5 Å². The molecule has 2 heterocycles. The lowest BCUT2D eigenvalue weighted by Gasteiger charge is -2.33. The third-order valence-electron chi connectivity index (χ3n) is 5.10. The van der Waals surface area contributed by atoms with E-state index in [1.165, 1.54) is 6.92 Å². The quantitative estimate of drug-likeness (QED) is 0.749. The first-order chi connectivity index (χ1) is 13.9. The number of carbonyl (C=O) groups excluding carboxylic acids is 3. The maximum absolute atomic E-state index is 12.5. The van der Waals surface area contributed by atoms with Gasteiger partial charge in [0, 0.05) is 17.3 Å². The van der Waals surface area contributed by atoms with Crippen molar-refractivity contribution in [2.24, 2.45) is 0 Å². The van der Waals surface area contributed by atoms with Crippen LogP contribution >= 0.6 is 11.6 Å². The minimum atomic E-state index is -1.00. The van der Waals surface area contributed by atoms with Gasteiger partial charge in [0.15, 0.2) is 6.10 Å². The molecular formula is C21H20ClN3O4. The summed E-state index contributed by atoms with van der Waals surface area (Å²) in [7, 11) is 0. The highest BCUT2D eigenvalue weighted by Gasteiger charge is 2.36. The van der Waals surface area contributed by atoms with Gasteiger partial charge in [0.05, 0.1) is 16.9 Å². The maximum atomic E-state index is 12.5. The van der Waals surface area contributed by atoms with E-state index in [-0.39, 0.29) is 17.5 Å². The smallest absolute Gasteiger partial charge is 0.338 e. The zero-order valence-corrected chi connectivity index (χ0v) is 16.5. The van der Waals surface area contributed by atoms with Crippen LogP contribution in [0, 0.1) is 0 Å². The fourth-order valence-corrected chi connectivity index (χ4v) is 3.84. The Bertz CT molecular complexity index is 994. The molecule has 2 N–H and O–H groups in total. The molecule has 0 aliphatic carbocycles. The standard InChI is InChI=1S/C21H20ClN3O4/c1-12(19(26)23-15-5-2-4-14(22)11-15)29-21(28)13-7-8-17-16(10-13)24-20(27)18-6-3-9-25(17)18/h2,4-5,7-8,10-12,18H,3,6,9H2,1H3,(H,23,26)(H,24,27)/t12-,18+/m0/s1. The Balaban J connectivity index is 1.44. The summed E-state index contributed by atoms with van der Waals surface area (Å²) in [6, 6.07) is 11.6. The molecule has 8 heteroatoms. The van der Waals surface area contributed by atoms with Crippen molar-refractivity contribution in [3.8, 4) is 0 Å². The molecule has 0 bridgehead atoms. The number of rotatable bonds is 4. The molecule has 7 nitrogen and oxygen atoms in total. The number of benzene rings is 2. The number of hydrogen-bond acceptors (Lipinski definition) is 5. The first-order valence-electron chi connectivity index (χ1n) is 9.41. The highest BCUT2D eigenvalue weighted by Crippen LogP contribution is 2.37. The van der Waals surface area contributed by atoms with Crippen LogP contribution in [0.2, 0.25) is 5.02 Å². The van der Waals surface area contributed by atoms with Crippen LogP contribution in [0.1, 0.15) is 30.1 Å². The van der Waals surface area contributed by atoms with Crippen LogP contribution in [-0.2, 0) is 14.3 Å². The second-order valence-electron chi connectivity index (χ2n) is 7.12. The van der Waals surface area contributed by atoms with E-state index < -0.39 is 18.0 Å². The van der Waals surface area contributed by atoms with Crippen LogP contribution in [-0.4, -0.2) is 36.5 Å². The molecule has 2 aromatic carbocycles. The molecular weight excluding hydrogens is 394 g/mol. The lowest BCUT2D eigenvalue weighted by molar-refractivity contribution is -0.123. The number of carbonyl (C=O) groups is 3. The third kappa shape index (κ3) is 3.91. The monoisotopic (exact) mass is 413 g/mol. The lowest BCUT2D eigenvalue weighted by Crippen LogP contribution is -2.43. The summed E-state index contributed by atoms with van der Waals surface area (Å²) in [5, 5.41) is 6.01. The Morgan fingerprint density at radius 2 is 2.10 bits per heavy atom. The van der Waals surface area contributed by atoms with Crippen LogP contribution in [0.3, 0.4) is 0 Å². The molecule has 2 amide bonds. The van der Waals surface area contributed by atoms with Crippen molar-refractivity contribution in [3.63, 3.8) is 0 Å². The predicted molar refractivity (Wildman–Crippen MR) is 110 cm³/mol. The fourth-order valence-electron chi connectivity index (χ4n) is 3.65. The SMILES string of the molecule is C[C@H](OC(=O)c1ccc2c(c1)NC(=O)[C@H]1CCCN21)C(=O)Nc1cccc(Cl)c1. The van der Waals surface area contributed by atoms with Crippen molar-refractivity contribution in [3.05, 3.63) is 53.1 Å². The molecule has 29 heavy (non-hydrogen) atoms. The van der Waals surface area contributed by atoms with Gasteiger partial charge in [-0.05, 0) is 56.2 Å². The average Bonchev–Trinajstić information content (AvgIpc) is 3.18. The lowest BCUT2D eigenvalue weighted by atomic mass is 10.1. The molecule has 0 unspecified atom stereocenters. The summed E-state index contributed by atoms with van der Waals surface area (Å²) in [5.74, 6) is -1.17. The van der Waals surface area contributed by atoms with Gasteiger partial charge >= 0.3 is 5.97 Å². The van der Waals surface area contributed by atoms with Crippen molar-refractivity contribution in [2.75, 3.05) is 22.1 Å². The molecule has 2 aliphatic heterocycles. The van der Waals surface area contributed by atoms with Crippen molar-refractivity contribution in [1.82, 2.24) is 0 Å². The number of hydrogen-bond donors (Lipinski definition) is 2. The number of fused-ring (bicyclic) bond motifs is 3. The highest BCUT2D eigenvalue weighted by atomic mass is 35.5. The van der Waals surface area contributed by atoms with Gasteiger partial charge < -0.3 is 20.3 Å². The minimum Gasteiger partial charge on any atom is -0.449 e. The summed E-state index contributed by atoms with van der Waals surface area (Å²) in [6.45, 7) is 2.31. The van der Waals surface area contributed by atoms with Gasteiger partial charge in [0.2, 0.25) is 5.91 Å². The van der Waals surface area contributed by atoms with E-state index in [1.54, 1.807) is 42.5 Å². The highest BCUT2D eigenvalue weighted by molar-refractivity contribution is 6.30. The first-order valence-corrected chi connectivity index (χ1v) is 9.79. The van der Waals surface area contributed by atoms with E-state index in [4.69, 9.17) is 16.3 Å². The van der Waals surface area contributed by atoms with E-state index >= 15 is 0 Å². The molecule has 150 valence electrons. The van der Waals surface area contributed by atoms with Crippen LogP contribution in [0.15, 0.2) is 42.5 Å². The van der Waals surface area contributed by atoms with Crippen molar-refractivity contribution >= 4 is 46.4 Å². The topological polar surface area (TPSA) is 87.7 Å².